The second kappa shape index (κ2) is 6.84. The highest BCUT2D eigenvalue weighted by molar-refractivity contribution is 6.10. The maximum absolute atomic E-state index is 13.5. The zero-order valence-corrected chi connectivity index (χ0v) is 16.3. The zero-order chi connectivity index (χ0) is 20.0. The summed E-state index contributed by atoms with van der Waals surface area (Å²) in [6.07, 6.45) is 3.71. The Hall–Kier alpha value is -3.49. The van der Waals surface area contributed by atoms with Crippen molar-refractivity contribution < 1.29 is 9.21 Å². The number of benzene rings is 1. The molecular formula is C20H21N7O2. The van der Waals surface area contributed by atoms with Crippen molar-refractivity contribution >= 4 is 23.4 Å². The molecular weight excluding hydrogens is 370 g/mol. The van der Waals surface area contributed by atoms with E-state index >= 15 is 0 Å². The summed E-state index contributed by atoms with van der Waals surface area (Å²) in [5.74, 6) is 2.07. The summed E-state index contributed by atoms with van der Waals surface area (Å²) in [6.45, 7) is 3.24. The molecule has 0 radical (unpaired) electrons. The molecule has 4 heterocycles. The number of rotatable bonds is 3. The van der Waals surface area contributed by atoms with Crippen LogP contribution in [0.4, 0.5) is 17.5 Å². The van der Waals surface area contributed by atoms with Crippen LogP contribution in [0.25, 0.3) is 11.5 Å². The Balaban J connectivity index is 1.58. The van der Waals surface area contributed by atoms with Crippen molar-refractivity contribution in [2.24, 2.45) is 0 Å². The van der Waals surface area contributed by atoms with Crippen molar-refractivity contribution in [2.75, 3.05) is 35.3 Å². The van der Waals surface area contributed by atoms with Gasteiger partial charge in [-0.05, 0) is 31.0 Å². The van der Waals surface area contributed by atoms with Crippen LogP contribution in [0, 0.1) is 6.92 Å². The first kappa shape index (κ1) is 17.6. The Morgan fingerprint density at radius 2 is 2.17 bits per heavy atom. The van der Waals surface area contributed by atoms with Gasteiger partial charge in [0.15, 0.2) is 0 Å². The first-order valence-corrected chi connectivity index (χ1v) is 9.68. The fraction of sp³-hybridized carbons (Fsp3) is 0.350. The van der Waals surface area contributed by atoms with Crippen LogP contribution in [0.3, 0.4) is 0 Å². The first-order chi connectivity index (χ1) is 14.1. The van der Waals surface area contributed by atoms with E-state index < -0.39 is 0 Å². The van der Waals surface area contributed by atoms with Crippen LogP contribution in [-0.4, -0.2) is 52.3 Å². The van der Waals surface area contributed by atoms with Gasteiger partial charge in [0, 0.05) is 50.6 Å². The van der Waals surface area contributed by atoms with Crippen LogP contribution < -0.4 is 15.1 Å². The average Bonchev–Trinajstić information content (AvgIpc) is 3.37. The Bertz CT molecular complexity index is 1080. The maximum atomic E-state index is 13.5. The average molecular weight is 391 g/mol. The van der Waals surface area contributed by atoms with Crippen LogP contribution in [0.5, 0.6) is 0 Å². The summed E-state index contributed by atoms with van der Waals surface area (Å²) in [5.41, 5.74) is 2.10. The molecule has 2 aliphatic rings. The molecule has 1 amide bonds. The molecule has 9 nitrogen and oxygen atoms in total. The summed E-state index contributed by atoms with van der Waals surface area (Å²) < 4.78 is 5.55. The highest BCUT2D eigenvalue weighted by atomic mass is 16.4. The number of aryl methyl sites for hydroxylation is 1. The van der Waals surface area contributed by atoms with Gasteiger partial charge in [0.25, 0.3) is 5.91 Å². The lowest BCUT2D eigenvalue weighted by Gasteiger charge is -2.27. The number of carbonyl (C=O) groups excluding carboxylic acids is 1. The lowest BCUT2D eigenvalue weighted by atomic mass is 10.1. The van der Waals surface area contributed by atoms with Gasteiger partial charge in [-0.3, -0.25) is 4.79 Å². The molecule has 2 aliphatic heterocycles. The lowest BCUT2D eigenvalue weighted by Crippen LogP contribution is -2.39. The number of hydrogen-bond acceptors (Lipinski definition) is 8. The second-order valence-electron chi connectivity index (χ2n) is 7.26. The number of fused-ring (bicyclic) bond motifs is 3. The van der Waals surface area contributed by atoms with E-state index in [1.807, 2.05) is 29.2 Å². The number of nitrogens with one attached hydrogen (secondary N) is 1. The third kappa shape index (κ3) is 2.98. The number of anilines is 3. The molecule has 1 fully saturated rings. The molecule has 1 saturated heterocycles. The standard InChI is InChI=1S/C20H21N7O2/c1-12-24-25-18(29-12)13-5-3-6-14(9-13)27-11-15-7-4-8-26(15)17-16(19(27)28)10-22-20(21-2)23-17/h3,5-6,9-10,15H,4,7-8,11H2,1-2H3,(H,21,22,23)/t15-/m0/s1. The molecule has 2 aromatic heterocycles. The van der Waals surface area contributed by atoms with Gasteiger partial charge in [0.1, 0.15) is 11.4 Å². The van der Waals surface area contributed by atoms with Crippen molar-refractivity contribution in [3.63, 3.8) is 0 Å². The summed E-state index contributed by atoms with van der Waals surface area (Å²) in [5, 5.41) is 11.0. The van der Waals surface area contributed by atoms with Crippen LogP contribution in [0.15, 0.2) is 34.9 Å². The SMILES string of the molecule is CNc1ncc2c(n1)N1CCC[C@H]1CN(c1cccc(-c3nnc(C)o3)c1)C2=O. The summed E-state index contributed by atoms with van der Waals surface area (Å²) in [6, 6.07) is 7.86. The Morgan fingerprint density at radius 3 is 2.97 bits per heavy atom. The van der Waals surface area contributed by atoms with Crippen LogP contribution >= 0.6 is 0 Å². The zero-order valence-electron chi connectivity index (χ0n) is 16.3. The monoisotopic (exact) mass is 391 g/mol. The quantitative estimate of drug-likeness (QED) is 0.727. The van der Waals surface area contributed by atoms with E-state index in [9.17, 15) is 4.79 Å². The number of aromatic nitrogens is 4. The number of hydrogen-bond donors (Lipinski definition) is 1. The van der Waals surface area contributed by atoms with Gasteiger partial charge in [-0.25, -0.2) is 4.98 Å². The Morgan fingerprint density at radius 1 is 1.28 bits per heavy atom. The van der Waals surface area contributed by atoms with Crippen LogP contribution in [-0.2, 0) is 0 Å². The highest BCUT2D eigenvalue weighted by Crippen LogP contribution is 2.34. The molecule has 148 valence electrons. The topological polar surface area (TPSA) is 100 Å². The summed E-state index contributed by atoms with van der Waals surface area (Å²) >= 11 is 0. The molecule has 29 heavy (non-hydrogen) atoms. The van der Waals surface area contributed by atoms with E-state index in [1.54, 1.807) is 20.2 Å². The normalized spacial score (nSPS) is 18.4. The number of amides is 1. The van der Waals surface area contributed by atoms with Crippen LogP contribution in [0.1, 0.15) is 29.1 Å². The van der Waals surface area contributed by atoms with Crippen molar-refractivity contribution in [2.45, 2.75) is 25.8 Å². The van der Waals surface area contributed by atoms with E-state index in [0.29, 0.717) is 35.7 Å². The number of carbonyl (C=O) groups is 1. The third-order valence-corrected chi connectivity index (χ3v) is 5.44. The van der Waals surface area contributed by atoms with E-state index in [4.69, 9.17) is 4.42 Å². The van der Waals surface area contributed by atoms with Crippen molar-refractivity contribution in [1.29, 1.82) is 0 Å². The largest absolute Gasteiger partial charge is 0.421 e. The van der Waals surface area contributed by atoms with Gasteiger partial charge in [-0.1, -0.05) is 6.07 Å². The second-order valence-corrected chi connectivity index (χ2v) is 7.26. The molecule has 5 rings (SSSR count). The molecule has 1 atom stereocenters. The van der Waals surface area contributed by atoms with Gasteiger partial charge in [-0.2, -0.15) is 4.98 Å². The number of nitrogens with zero attached hydrogens (tertiary/aromatic N) is 6. The lowest BCUT2D eigenvalue weighted by molar-refractivity contribution is 0.0988. The van der Waals surface area contributed by atoms with Crippen LogP contribution in [0.2, 0.25) is 0 Å². The van der Waals surface area contributed by atoms with Crippen molar-refractivity contribution in [3.8, 4) is 11.5 Å². The van der Waals surface area contributed by atoms with E-state index in [1.165, 1.54) is 0 Å². The van der Waals surface area contributed by atoms with Gasteiger partial charge in [0.05, 0.1) is 0 Å². The minimum absolute atomic E-state index is 0.101. The fourth-order valence-electron chi connectivity index (χ4n) is 4.05. The minimum atomic E-state index is -0.101. The summed E-state index contributed by atoms with van der Waals surface area (Å²) in [7, 11) is 1.78. The molecule has 0 spiro atoms. The predicted molar refractivity (Wildman–Crippen MR) is 108 cm³/mol. The molecule has 0 aliphatic carbocycles. The minimum Gasteiger partial charge on any atom is -0.421 e. The van der Waals surface area contributed by atoms with E-state index in [-0.39, 0.29) is 11.9 Å². The van der Waals surface area contributed by atoms with Crippen molar-refractivity contribution in [1.82, 2.24) is 20.2 Å². The van der Waals surface area contributed by atoms with E-state index in [2.05, 4.69) is 30.4 Å². The molecule has 0 saturated carbocycles. The van der Waals surface area contributed by atoms with Gasteiger partial charge < -0.3 is 19.5 Å². The van der Waals surface area contributed by atoms with Gasteiger partial charge in [0.2, 0.25) is 17.7 Å². The molecule has 1 aromatic carbocycles. The third-order valence-electron chi connectivity index (χ3n) is 5.44. The van der Waals surface area contributed by atoms with E-state index in [0.717, 1.165) is 30.6 Å². The molecule has 0 unspecified atom stereocenters. The highest BCUT2D eigenvalue weighted by Gasteiger charge is 2.37. The maximum Gasteiger partial charge on any atom is 0.263 e. The molecule has 3 aromatic rings. The van der Waals surface area contributed by atoms with Gasteiger partial charge >= 0.3 is 0 Å². The fourth-order valence-corrected chi connectivity index (χ4v) is 4.05. The van der Waals surface area contributed by atoms with Crippen molar-refractivity contribution in [3.05, 3.63) is 41.9 Å². The Labute approximate surface area is 167 Å². The smallest absolute Gasteiger partial charge is 0.263 e. The van der Waals surface area contributed by atoms with Gasteiger partial charge in [-0.15, -0.1) is 10.2 Å². The Kier molecular flexibility index (Phi) is 4.15. The predicted octanol–water partition coefficient (Wildman–Crippen LogP) is 2.51. The summed E-state index contributed by atoms with van der Waals surface area (Å²) in [4.78, 5) is 26.4. The first-order valence-electron chi connectivity index (χ1n) is 9.68. The molecule has 0 bridgehead atoms. The molecule has 9 heteroatoms. The molecule has 1 N–H and O–H groups in total.